The van der Waals surface area contributed by atoms with Crippen molar-refractivity contribution in [2.75, 3.05) is 19.6 Å². The summed E-state index contributed by atoms with van der Waals surface area (Å²) < 4.78 is 0. The molecule has 0 radical (unpaired) electrons. The Kier molecular flexibility index (Phi) is 4.02. The van der Waals surface area contributed by atoms with Gasteiger partial charge in [-0.2, -0.15) is 0 Å². The summed E-state index contributed by atoms with van der Waals surface area (Å²) in [6.07, 6.45) is 1.38. The smallest absolute Gasteiger partial charge is 0.00823 e. The number of nitrogens with one attached hydrogen (secondary N) is 2. The zero-order chi connectivity index (χ0) is 8.97. The highest BCUT2D eigenvalue weighted by molar-refractivity contribution is 4.91. The highest BCUT2D eigenvalue weighted by Gasteiger charge is 2.34. The van der Waals surface area contributed by atoms with Gasteiger partial charge in [0.2, 0.25) is 0 Å². The van der Waals surface area contributed by atoms with E-state index in [1.54, 1.807) is 0 Å². The van der Waals surface area contributed by atoms with E-state index in [4.69, 9.17) is 0 Å². The van der Waals surface area contributed by atoms with Crippen molar-refractivity contribution in [2.45, 2.75) is 33.2 Å². The lowest BCUT2D eigenvalue weighted by Gasteiger charge is -2.27. The number of fused-ring (bicyclic) bond motifs is 1. The largest absolute Gasteiger partial charge is 0.316 e. The van der Waals surface area contributed by atoms with Crippen molar-refractivity contribution in [2.24, 2.45) is 11.8 Å². The summed E-state index contributed by atoms with van der Waals surface area (Å²) in [4.78, 5) is 0. The maximum absolute atomic E-state index is 3.52. The predicted molar refractivity (Wildman–Crippen MR) is 53.3 cm³/mol. The Labute approximate surface area is 76.1 Å². The van der Waals surface area contributed by atoms with Crippen LogP contribution in [0.4, 0.5) is 0 Å². The van der Waals surface area contributed by atoms with Crippen molar-refractivity contribution in [3.05, 3.63) is 0 Å². The van der Waals surface area contributed by atoms with Gasteiger partial charge in [0.15, 0.2) is 0 Å². The van der Waals surface area contributed by atoms with Crippen molar-refractivity contribution < 1.29 is 0 Å². The summed E-state index contributed by atoms with van der Waals surface area (Å²) in [7, 11) is 0. The molecule has 0 aromatic heterocycles. The number of hydrogen-bond donors (Lipinski definition) is 2. The second-order valence-corrected chi connectivity index (χ2v) is 3.61. The first kappa shape index (κ1) is 10.0. The van der Waals surface area contributed by atoms with Crippen LogP contribution in [0.2, 0.25) is 0 Å². The van der Waals surface area contributed by atoms with Crippen molar-refractivity contribution >= 4 is 0 Å². The van der Waals surface area contributed by atoms with E-state index >= 15 is 0 Å². The maximum Gasteiger partial charge on any atom is 0.00823 e. The van der Waals surface area contributed by atoms with Crippen LogP contribution in [0, 0.1) is 11.8 Å². The van der Waals surface area contributed by atoms with Crippen LogP contribution in [0.5, 0.6) is 0 Å². The molecule has 0 bridgehead atoms. The molecule has 3 atom stereocenters. The minimum absolute atomic E-state index is 0.748. The first-order valence-corrected chi connectivity index (χ1v) is 5.32. The fourth-order valence-corrected chi connectivity index (χ4v) is 2.26. The van der Waals surface area contributed by atoms with Gasteiger partial charge in [-0.15, -0.1) is 0 Å². The van der Waals surface area contributed by atoms with E-state index in [0.29, 0.717) is 0 Å². The van der Waals surface area contributed by atoms with Crippen LogP contribution in [0.1, 0.15) is 27.2 Å². The van der Waals surface area contributed by atoms with Gasteiger partial charge in [-0.1, -0.05) is 13.8 Å². The van der Waals surface area contributed by atoms with Gasteiger partial charge in [-0.3, -0.25) is 0 Å². The summed E-state index contributed by atoms with van der Waals surface area (Å²) in [6.45, 7) is 10.0. The summed E-state index contributed by atoms with van der Waals surface area (Å²) in [6, 6.07) is 0.748. The Morgan fingerprint density at radius 1 is 1.17 bits per heavy atom. The second-order valence-electron chi connectivity index (χ2n) is 3.61. The van der Waals surface area contributed by atoms with Gasteiger partial charge >= 0.3 is 0 Å². The monoisotopic (exact) mass is 170 g/mol. The highest BCUT2D eigenvalue weighted by Crippen LogP contribution is 2.26. The third kappa shape index (κ3) is 1.99. The average Bonchev–Trinajstić information content (AvgIpc) is 2.53. The fourth-order valence-electron chi connectivity index (χ4n) is 2.26. The highest BCUT2D eigenvalue weighted by atomic mass is 15.0. The standard InChI is InChI=1S/C8H16N2.C2H6/c1-6-8-5-9-3-2-7(8)4-10-6;1-2/h6-10H,2-5H2,1H3;1-2H3. The molecular weight excluding hydrogens is 148 g/mol. The molecule has 2 nitrogen and oxygen atoms in total. The molecule has 2 N–H and O–H groups in total. The van der Waals surface area contributed by atoms with Crippen LogP contribution in [-0.4, -0.2) is 25.7 Å². The molecule has 12 heavy (non-hydrogen) atoms. The van der Waals surface area contributed by atoms with Gasteiger partial charge in [-0.25, -0.2) is 0 Å². The normalized spacial score (nSPS) is 39.8. The summed E-state index contributed by atoms with van der Waals surface area (Å²) in [5, 5.41) is 6.97. The first-order valence-electron chi connectivity index (χ1n) is 5.32. The molecule has 0 amide bonds. The molecule has 2 saturated heterocycles. The van der Waals surface area contributed by atoms with E-state index in [2.05, 4.69) is 17.6 Å². The second kappa shape index (κ2) is 4.83. The molecule has 3 unspecified atom stereocenters. The molecule has 2 rings (SSSR count). The fraction of sp³-hybridized carbons (Fsp3) is 1.00. The van der Waals surface area contributed by atoms with Crippen molar-refractivity contribution in [3.8, 4) is 0 Å². The van der Waals surface area contributed by atoms with E-state index in [-0.39, 0.29) is 0 Å². The molecule has 2 heterocycles. The zero-order valence-electron chi connectivity index (χ0n) is 8.56. The molecule has 0 saturated carbocycles. The van der Waals surface area contributed by atoms with Gasteiger partial charge in [0.05, 0.1) is 0 Å². The van der Waals surface area contributed by atoms with E-state index in [0.717, 1.165) is 17.9 Å². The van der Waals surface area contributed by atoms with Crippen LogP contribution >= 0.6 is 0 Å². The number of rotatable bonds is 0. The van der Waals surface area contributed by atoms with E-state index in [9.17, 15) is 0 Å². The number of piperidine rings is 1. The Bertz CT molecular complexity index is 123. The minimum atomic E-state index is 0.748. The van der Waals surface area contributed by atoms with Gasteiger partial charge in [0, 0.05) is 6.04 Å². The molecule has 72 valence electrons. The predicted octanol–water partition coefficient (Wildman–Crippen LogP) is 1.23. The molecule has 2 fully saturated rings. The van der Waals surface area contributed by atoms with Gasteiger partial charge < -0.3 is 10.6 Å². The van der Waals surface area contributed by atoms with Crippen LogP contribution in [0.25, 0.3) is 0 Å². The molecule has 0 aromatic rings. The van der Waals surface area contributed by atoms with Crippen LogP contribution in [0.15, 0.2) is 0 Å². The third-order valence-electron chi connectivity index (χ3n) is 3.02. The molecule has 0 aromatic carbocycles. The Hall–Kier alpha value is -0.0800. The molecule has 2 aliphatic heterocycles. The lowest BCUT2D eigenvalue weighted by Crippen LogP contribution is -2.38. The quantitative estimate of drug-likeness (QED) is 0.571. The van der Waals surface area contributed by atoms with Crippen LogP contribution in [0.3, 0.4) is 0 Å². The summed E-state index contributed by atoms with van der Waals surface area (Å²) in [5.41, 5.74) is 0. The third-order valence-corrected chi connectivity index (χ3v) is 3.02. The SMILES string of the molecule is CC.CC1NCC2CCNCC21. The molecule has 2 heteroatoms. The molecule has 0 spiro atoms. The lowest BCUT2D eigenvalue weighted by atomic mass is 9.86. The lowest BCUT2D eigenvalue weighted by molar-refractivity contribution is 0.290. The van der Waals surface area contributed by atoms with Crippen molar-refractivity contribution in [1.29, 1.82) is 0 Å². The van der Waals surface area contributed by atoms with E-state index < -0.39 is 0 Å². The van der Waals surface area contributed by atoms with Gasteiger partial charge in [-0.05, 0) is 44.8 Å². The minimum Gasteiger partial charge on any atom is -0.316 e. The zero-order valence-corrected chi connectivity index (χ0v) is 8.56. The molecule has 2 aliphatic rings. The summed E-state index contributed by atoms with van der Waals surface area (Å²) >= 11 is 0. The summed E-state index contributed by atoms with van der Waals surface area (Å²) in [5.74, 6) is 1.88. The van der Waals surface area contributed by atoms with Crippen molar-refractivity contribution in [1.82, 2.24) is 10.6 Å². The topological polar surface area (TPSA) is 24.1 Å². The van der Waals surface area contributed by atoms with Crippen molar-refractivity contribution in [3.63, 3.8) is 0 Å². The van der Waals surface area contributed by atoms with E-state index in [1.165, 1.54) is 26.1 Å². The Balaban J connectivity index is 0.000000336. The average molecular weight is 170 g/mol. The number of hydrogen-bond acceptors (Lipinski definition) is 2. The Morgan fingerprint density at radius 3 is 2.58 bits per heavy atom. The Morgan fingerprint density at radius 2 is 1.92 bits per heavy atom. The van der Waals surface area contributed by atoms with Crippen LogP contribution < -0.4 is 10.6 Å². The molecular formula is C10H22N2. The van der Waals surface area contributed by atoms with Crippen LogP contribution in [-0.2, 0) is 0 Å². The van der Waals surface area contributed by atoms with Gasteiger partial charge in [0.25, 0.3) is 0 Å². The molecule has 0 aliphatic carbocycles. The van der Waals surface area contributed by atoms with Gasteiger partial charge in [0.1, 0.15) is 0 Å². The maximum atomic E-state index is 3.52. The van der Waals surface area contributed by atoms with E-state index in [1.807, 2.05) is 13.8 Å². The first-order chi connectivity index (χ1) is 5.88.